The molecule has 3 nitrogen and oxygen atoms in total. The van der Waals surface area contributed by atoms with Crippen LogP contribution in [0.2, 0.25) is 0 Å². The minimum Gasteiger partial charge on any atom is -0.462 e. The number of hydrogen-bond acceptors (Lipinski definition) is 3. The number of esters is 1. The van der Waals surface area contributed by atoms with Crippen molar-refractivity contribution in [2.24, 2.45) is 0 Å². The smallest absolute Gasteiger partial charge is 0.341 e. The van der Waals surface area contributed by atoms with Crippen molar-refractivity contribution in [2.45, 2.75) is 26.9 Å². The molecule has 1 N–H and O–H groups in total. The van der Waals surface area contributed by atoms with E-state index in [0.29, 0.717) is 17.8 Å². The molecule has 1 rings (SSSR count). The zero-order valence-corrected chi connectivity index (χ0v) is 10.9. The summed E-state index contributed by atoms with van der Waals surface area (Å²) in [6.45, 7) is 5.44. The van der Waals surface area contributed by atoms with E-state index >= 15 is 0 Å². The Kier molecular flexibility index (Phi) is 5.37. The average molecular weight is 246 g/mol. The van der Waals surface area contributed by atoms with Gasteiger partial charge in [0, 0.05) is 5.57 Å². The number of carbonyl (C=O) groups is 1. The Hall–Kier alpha value is -1.83. The van der Waals surface area contributed by atoms with Crippen LogP contribution < -0.4 is 0 Å². The highest BCUT2D eigenvalue weighted by Gasteiger charge is 2.10. The van der Waals surface area contributed by atoms with E-state index in [1.165, 1.54) is 0 Å². The van der Waals surface area contributed by atoms with Crippen molar-refractivity contribution in [3.05, 3.63) is 52.8 Å². The molecule has 96 valence electrons. The fourth-order valence-electron chi connectivity index (χ4n) is 1.54. The van der Waals surface area contributed by atoms with Crippen LogP contribution in [-0.4, -0.2) is 17.7 Å². The monoisotopic (exact) mass is 246 g/mol. The van der Waals surface area contributed by atoms with Crippen molar-refractivity contribution >= 4 is 5.97 Å². The van der Waals surface area contributed by atoms with Gasteiger partial charge in [-0.15, -0.1) is 5.73 Å². The number of rotatable bonds is 4. The Morgan fingerprint density at radius 3 is 2.50 bits per heavy atom. The van der Waals surface area contributed by atoms with Crippen molar-refractivity contribution in [1.82, 2.24) is 0 Å². The minimum atomic E-state index is -0.754. The second kappa shape index (κ2) is 6.80. The first-order valence-corrected chi connectivity index (χ1v) is 5.90. The van der Waals surface area contributed by atoms with Crippen LogP contribution in [0.1, 0.15) is 32.4 Å². The van der Waals surface area contributed by atoms with Gasteiger partial charge in [0.15, 0.2) is 0 Å². The normalized spacial score (nSPS) is 11.3. The number of ether oxygens (including phenoxy) is 1. The number of aliphatic hydroxyl groups excluding tert-OH is 1. The molecule has 1 aromatic rings. The number of benzene rings is 1. The number of aliphatic hydroxyl groups is 1. The molecule has 0 saturated carbocycles. The average Bonchev–Trinajstić information content (AvgIpc) is 2.39. The third kappa shape index (κ3) is 3.88. The summed E-state index contributed by atoms with van der Waals surface area (Å²) in [5.74, 6) is -0.405. The molecular formula is C15H18O3. The number of hydrogen-bond donors (Lipinski definition) is 1. The van der Waals surface area contributed by atoms with Crippen LogP contribution in [0.5, 0.6) is 0 Å². The second-order valence-corrected chi connectivity index (χ2v) is 3.97. The fourth-order valence-corrected chi connectivity index (χ4v) is 1.54. The molecular weight excluding hydrogens is 228 g/mol. The predicted octanol–water partition coefficient (Wildman–Crippen LogP) is 2.77. The molecule has 0 heterocycles. The van der Waals surface area contributed by atoms with Crippen LogP contribution in [-0.2, 0) is 9.53 Å². The van der Waals surface area contributed by atoms with Crippen molar-refractivity contribution in [3.8, 4) is 0 Å². The Labute approximate surface area is 107 Å². The van der Waals surface area contributed by atoms with Gasteiger partial charge in [-0.2, -0.15) is 0 Å². The summed E-state index contributed by atoms with van der Waals surface area (Å²) in [6.07, 6.45) is -0.754. The van der Waals surface area contributed by atoms with Gasteiger partial charge in [0.2, 0.25) is 0 Å². The summed E-state index contributed by atoms with van der Waals surface area (Å²) < 4.78 is 4.86. The van der Waals surface area contributed by atoms with Gasteiger partial charge in [0.05, 0.1) is 12.2 Å². The molecule has 18 heavy (non-hydrogen) atoms. The zero-order valence-electron chi connectivity index (χ0n) is 10.9. The van der Waals surface area contributed by atoms with Gasteiger partial charge in [-0.05, 0) is 26.3 Å². The van der Waals surface area contributed by atoms with Gasteiger partial charge in [-0.1, -0.05) is 30.3 Å². The fraction of sp³-hybridized carbons (Fsp3) is 0.333. The zero-order chi connectivity index (χ0) is 13.5. The molecule has 1 aromatic carbocycles. The van der Waals surface area contributed by atoms with Gasteiger partial charge in [-0.3, -0.25) is 0 Å². The molecule has 0 aliphatic rings. The first-order valence-electron chi connectivity index (χ1n) is 5.90. The lowest BCUT2D eigenvalue weighted by atomic mass is 10.0. The Balaban J connectivity index is 2.96. The molecule has 1 atom stereocenters. The maximum absolute atomic E-state index is 11.4. The Bertz CT molecular complexity index is 468. The molecule has 0 saturated heterocycles. The summed E-state index contributed by atoms with van der Waals surface area (Å²) in [7, 11) is 0. The van der Waals surface area contributed by atoms with E-state index in [1.807, 2.05) is 30.3 Å². The molecule has 0 aliphatic heterocycles. The van der Waals surface area contributed by atoms with Crippen LogP contribution in [0.3, 0.4) is 0 Å². The Morgan fingerprint density at radius 2 is 1.94 bits per heavy atom. The van der Waals surface area contributed by atoms with Gasteiger partial charge in [-0.25, -0.2) is 4.79 Å². The van der Waals surface area contributed by atoms with Gasteiger partial charge in [0.1, 0.15) is 6.10 Å². The third-order valence-corrected chi connectivity index (χ3v) is 2.49. The van der Waals surface area contributed by atoms with Crippen LogP contribution >= 0.6 is 0 Å². The van der Waals surface area contributed by atoms with E-state index in [-0.39, 0.29) is 0 Å². The molecule has 0 aliphatic carbocycles. The first-order chi connectivity index (χ1) is 8.56. The molecule has 0 aromatic heterocycles. The summed E-state index contributed by atoms with van der Waals surface area (Å²) in [4.78, 5) is 11.4. The van der Waals surface area contributed by atoms with Gasteiger partial charge < -0.3 is 9.84 Å². The molecule has 0 amide bonds. The number of carbonyl (C=O) groups excluding carboxylic acids is 1. The van der Waals surface area contributed by atoms with Crippen LogP contribution in [0.25, 0.3) is 0 Å². The lowest BCUT2D eigenvalue weighted by molar-refractivity contribution is -0.138. The maximum atomic E-state index is 11.4. The molecule has 0 radical (unpaired) electrons. The summed E-state index contributed by atoms with van der Waals surface area (Å²) in [5, 5.41) is 10.1. The molecule has 0 fully saturated rings. The largest absolute Gasteiger partial charge is 0.462 e. The van der Waals surface area contributed by atoms with Gasteiger partial charge >= 0.3 is 5.97 Å². The van der Waals surface area contributed by atoms with E-state index in [4.69, 9.17) is 4.74 Å². The SMILES string of the molecule is CCOC(=O)C(C)=C=C(C)[C@@H](O)c1ccccc1. The highest BCUT2D eigenvalue weighted by molar-refractivity contribution is 5.87. The predicted molar refractivity (Wildman–Crippen MR) is 69.9 cm³/mol. The molecule has 0 spiro atoms. The van der Waals surface area contributed by atoms with Crippen LogP contribution in [0.4, 0.5) is 0 Å². The van der Waals surface area contributed by atoms with Gasteiger partial charge in [0.25, 0.3) is 0 Å². The topological polar surface area (TPSA) is 46.5 Å². The molecule has 0 bridgehead atoms. The van der Waals surface area contributed by atoms with E-state index in [2.05, 4.69) is 5.73 Å². The summed E-state index contributed by atoms with van der Waals surface area (Å²) in [6, 6.07) is 9.25. The van der Waals surface area contributed by atoms with Crippen LogP contribution in [0.15, 0.2) is 47.2 Å². The van der Waals surface area contributed by atoms with E-state index in [9.17, 15) is 9.90 Å². The minimum absolute atomic E-state index is 0.331. The highest BCUT2D eigenvalue weighted by Crippen LogP contribution is 2.20. The molecule has 0 unspecified atom stereocenters. The second-order valence-electron chi connectivity index (χ2n) is 3.97. The van der Waals surface area contributed by atoms with E-state index < -0.39 is 12.1 Å². The summed E-state index contributed by atoms with van der Waals surface area (Å²) >= 11 is 0. The van der Waals surface area contributed by atoms with E-state index in [1.54, 1.807) is 20.8 Å². The van der Waals surface area contributed by atoms with Crippen molar-refractivity contribution in [1.29, 1.82) is 0 Å². The van der Waals surface area contributed by atoms with Crippen LogP contribution in [0, 0.1) is 0 Å². The van der Waals surface area contributed by atoms with Crippen molar-refractivity contribution in [2.75, 3.05) is 6.61 Å². The lowest BCUT2D eigenvalue weighted by Gasteiger charge is -2.09. The molecule has 3 heteroatoms. The highest BCUT2D eigenvalue weighted by atomic mass is 16.5. The van der Waals surface area contributed by atoms with Crippen molar-refractivity contribution < 1.29 is 14.6 Å². The third-order valence-electron chi connectivity index (χ3n) is 2.49. The standard InChI is InChI=1S/C15H18O3/c1-4-18-15(17)12(3)10-11(2)14(16)13-8-6-5-7-9-13/h5-9,14,16H,4H2,1-3H3/t10?,14-/m1/s1. The summed E-state index contributed by atoms with van der Waals surface area (Å²) in [5.41, 5.74) is 4.60. The van der Waals surface area contributed by atoms with E-state index in [0.717, 1.165) is 5.56 Å². The first kappa shape index (κ1) is 14.2. The van der Waals surface area contributed by atoms with Crippen molar-refractivity contribution in [3.63, 3.8) is 0 Å². The lowest BCUT2D eigenvalue weighted by Crippen LogP contribution is -2.05. The quantitative estimate of drug-likeness (QED) is 0.505. The maximum Gasteiger partial charge on any atom is 0.341 e. The Morgan fingerprint density at radius 1 is 1.33 bits per heavy atom.